The van der Waals surface area contributed by atoms with E-state index in [1.165, 1.54) is 23.9 Å². The highest BCUT2D eigenvalue weighted by Gasteiger charge is 2.18. The smallest absolute Gasteiger partial charge is 0.339 e. The lowest BCUT2D eigenvalue weighted by atomic mass is 10.1. The van der Waals surface area contributed by atoms with Gasteiger partial charge in [0.2, 0.25) is 0 Å². The number of carbonyl (C=O) groups excluding carboxylic acids is 1. The van der Waals surface area contributed by atoms with Crippen molar-refractivity contribution in [2.45, 2.75) is 22.8 Å². The Morgan fingerprint density at radius 2 is 1.63 bits per heavy atom. The van der Waals surface area contributed by atoms with Gasteiger partial charge in [0.15, 0.2) is 0 Å². The highest BCUT2D eigenvalue weighted by atomic mass is 32.2. The molecule has 1 atom stereocenters. The monoisotopic (exact) mass is 377 g/mol. The molecule has 0 spiro atoms. The summed E-state index contributed by atoms with van der Waals surface area (Å²) < 4.78 is 18.6. The van der Waals surface area contributed by atoms with E-state index in [1.54, 1.807) is 43.3 Å². The molecule has 3 aromatic rings. The van der Waals surface area contributed by atoms with Crippen molar-refractivity contribution < 1.29 is 13.9 Å². The summed E-state index contributed by atoms with van der Waals surface area (Å²) in [6, 6.07) is 22.3. The maximum absolute atomic E-state index is 13.1. The first-order valence-corrected chi connectivity index (χ1v) is 9.12. The molecule has 0 N–H and O–H groups in total. The van der Waals surface area contributed by atoms with Crippen molar-refractivity contribution >= 4 is 17.7 Å². The molecule has 0 bridgehead atoms. The third kappa shape index (κ3) is 4.55. The molecule has 0 radical (unpaired) electrons. The molecule has 3 rings (SSSR count). The zero-order valence-electron chi connectivity index (χ0n) is 14.6. The molecule has 27 heavy (non-hydrogen) atoms. The number of rotatable bonds is 5. The van der Waals surface area contributed by atoms with Gasteiger partial charge >= 0.3 is 5.97 Å². The number of halogens is 1. The van der Waals surface area contributed by atoms with E-state index in [0.29, 0.717) is 21.6 Å². The van der Waals surface area contributed by atoms with Gasteiger partial charge in [0, 0.05) is 9.79 Å². The number of hydrogen-bond donors (Lipinski definition) is 0. The van der Waals surface area contributed by atoms with Crippen LogP contribution < -0.4 is 0 Å². The van der Waals surface area contributed by atoms with Gasteiger partial charge in [-0.15, -0.1) is 0 Å². The minimum Gasteiger partial charge on any atom is -0.454 e. The van der Waals surface area contributed by atoms with Crippen LogP contribution in [0.4, 0.5) is 4.39 Å². The standard InChI is InChI=1S/C22H16FNO2S/c1-15(16-10-12-18(23)13-11-16)26-22(25)19-7-3-5-9-21(19)27-20-8-4-2-6-17(20)14-24/h2-13,15H,1H3/t15-/m0/s1. The van der Waals surface area contributed by atoms with Gasteiger partial charge in [0.1, 0.15) is 18.0 Å². The lowest BCUT2D eigenvalue weighted by Gasteiger charge is -2.15. The maximum Gasteiger partial charge on any atom is 0.339 e. The summed E-state index contributed by atoms with van der Waals surface area (Å²) in [5, 5.41) is 9.26. The second-order valence-electron chi connectivity index (χ2n) is 5.81. The Kier molecular flexibility index (Phi) is 5.90. The quantitative estimate of drug-likeness (QED) is 0.530. The predicted octanol–water partition coefficient (Wildman–Crippen LogP) is 5.77. The van der Waals surface area contributed by atoms with E-state index in [2.05, 4.69) is 6.07 Å². The second-order valence-corrected chi connectivity index (χ2v) is 6.89. The van der Waals surface area contributed by atoms with E-state index < -0.39 is 12.1 Å². The Balaban J connectivity index is 1.81. The Labute approximate surface area is 161 Å². The molecular formula is C22H16FNO2S. The predicted molar refractivity (Wildman–Crippen MR) is 102 cm³/mol. The van der Waals surface area contributed by atoms with E-state index in [-0.39, 0.29) is 5.82 Å². The molecule has 0 aliphatic rings. The molecular weight excluding hydrogens is 361 g/mol. The minimum absolute atomic E-state index is 0.338. The lowest BCUT2D eigenvalue weighted by molar-refractivity contribution is 0.0333. The number of nitrogens with zero attached hydrogens (tertiary/aromatic N) is 1. The number of benzene rings is 3. The van der Waals surface area contributed by atoms with Gasteiger partial charge < -0.3 is 4.74 Å². The molecule has 5 heteroatoms. The molecule has 0 saturated heterocycles. The third-order valence-electron chi connectivity index (χ3n) is 3.96. The summed E-state index contributed by atoms with van der Waals surface area (Å²) in [5.74, 6) is -0.806. The van der Waals surface area contributed by atoms with Gasteiger partial charge in [0.05, 0.1) is 11.1 Å². The summed E-state index contributed by atoms with van der Waals surface area (Å²) >= 11 is 1.35. The van der Waals surface area contributed by atoms with E-state index in [1.807, 2.05) is 24.3 Å². The fourth-order valence-electron chi connectivity index (χ4n) is 2.52. The number of ether oxygens (including phenoxy) is 1. The minimum atomic E-state index is -0.512. The summed E-state index contributed by atoms with van der Waals surface area (Å²) in [7, 11) is 0. The first-order valence-electron chi connectivity index (χ1n) is 8.31. The van der Waals surface area contributed by atoms with Gasteiger partial charge in [-0.2, -0.15) is 5.26 Å². The van der Waals surface area contributed by atoms with Crippen LogP contribution in [0.15, 0.2) is 82.6 Å². The van der Waals surface area contributed by atoms with Crippen molar-refractivity contribution in [1.29, 1.82) is 5.26 Å². The van der Waals surface area contributed by atoms with Gasteiger partial charge in [0.25, 0.3) is 0 Å². The summed E-state index contributed by atoms with van der Waals surface area (Å²) in [6.45, 7) is 1.74. The van der Waals surface area contributed by atoms with Crippen molar-refractivity contribution in [3.63, 3.8) is 0 Å². The van der Waals surface area contributed by atoms with E-state index in [9.17, 15) is 14.4 Å². The number of esters is 1. The topological polar surface area (TPSA) is 50.1 Å². The highest BCUT2D eigenvalue weighted by Crippen LogP contribution is 2.33. The van der Waals surface area contributed by atoms with E-state index >= 15 is 0 Å². The summed E-state index contributed by atoms with van der Waals surface area (Å²) in [4.78, 5) is 14.2. The normalized spacial score (nSPS) is 11.4. The van der Waals surface area contributed by atoms with Gasteiger partial charge in [-0.1, -0.05) is 48.2 Å². The van der Waals surface area contributed by atoms with Crippen molar-refractivity contribution in [2.24, 2.45) is 0 Å². The average molecular weight is 377 g/mol. The Morgan fingerprint density at radius 3 is 2.33 bits per heavy atom. The molecule has 0 unspecified atom stereocenters. The third-order valence-corrected chi connectivity index (χ3v) is 5.11. The van der Waals surface area contributed by atoms with Crippen LogP contribution in [-0.4, -0.2) is 5.97 Å². The van der Waals surface area contributed by atoms with Crippen LogP contribution in [0.3, 0.4) is 0 Å². The van der Waals surface area contributed by atoms with Crippen molar-refractivity contribution in [3.8, 4) is 6.07 Å². The van der Waals surface area contributed by atoms with Crippen molar-refractivity contribution in [1.82, 2.24) is 0 Å². The molecule has 0 saturated carbocycles. The first-order chi connectivity index (χ1) is 13.1. The Morgan fingerprint density at radius 1 is 1.00 bits per heavy atom. The van der Waals surface area contributed by atoms with Crippen molar-refractivity contribution in [3.05, 3.63) is 95.3 Å². The zero-order valence-corrected chi connectivity index (χ0v) is 15.4. The van der Waals surface area contributed by atoms with E-state index in [4.69, 9.17) is 4.74 Å². The Bertz CT molecular complexity index is 996. The summed E-state index contributed by atoms with van der Waals surface area (Å²) in [5.41, 5.74) is 1.68. The SMILES string of the molecule is C[C@H](OC(=O)c1ccccc1Sc1ccccc1C#N)c1ccc(F)cc1. The molecule has 134 valence electrons. The molecule has 0 aromatic heterocycles. The summed E-state index contributed by atoms with van der Waals surface area (Å²) in [6.07, 6.45) is -0.512. The zero-order chi connectivity index (χ0) is 19.2. The van der Waals surface area contributed by atoms with Crippen LogP contribution in [0, 0.1) is 17.1 Å². The van der Waals surface area contributed by atoms with E-state index in [0.717, 1.165) is 4.90 Å². The molecule has 0 amide bonds. The Hall–Kier alpha value is -3.10. The number of hydrogen-bond acceptors (Lipinski definition) is 4. The van der Waals surface area contributed by atoms with Crippen molar-refractivity contribution in [2.75, 3.05) is 0 Å². The lowest BCUT2D eigenvalue weighted by Crippen LogP contribution is -2.10. The molecule has 3 aromatic carbocycles. The largest absolute Gasteiger partial charge is 0.454 e. The fraction of sp³-hybridized carbons (Fsp3) is 0.0909. The molecule has 0 aliphatic heterocycles. The second kappa shape index (κ2) is 8.52. The number of nitriles is 1. The van der Waals surface area contributed by atoms with Gasteiger partial charge in [-0.3, -0.25) is 0 Å². The van der Waals surface area contributed by atoms with Gasteiger partial charge in [-0.05, 0) is 48.9 Å². The number of carbonyl (C=O) groups is 1. The maximum atomic E-state index is 13.1. The van der Waals surface area contributed by atoms with Crippen LogP contribution in [0.25, 0.3) is 0 Å². The van der Waals surface area contributed by atoms with Crippen LogP contribution in [0.2, 0.25) is 0 Å². The van der Waals surface area contributed by atoms with Crippen LogP contribution in [0.1, 0.15) is 34.5 Å². The van der Waals surface area contributed by atoms with Gasteiger partial charge in [-0.25, -0.2) is 9.18 Å². The first kappa shape index (κ1) is 18.7. The van der Waals surface area contributed by atoms with Crippen LogP contribution >= 0.6 is 11.8 Å². The average Bonchev–Trinajstić information content (AvgIpc) is 2.69. The highest BCUT2D eigenvalue weighted by molar-refractivity contribution is 7.99. The molecule has 0 aliphatic carbocycles. The fourth-order valence-corrected chi connectivity index (χ4v) is 3.53. The van der Waals surface area contributed by atoms with Crippen LogP contribution in [0.5, 0.6) is 0 Å². The van der Waals surface area contributed by atoms with Crippen LogP contribution in [-0.2, 0) is 4.74 Å². The molecule has 0 heterocycles. The molecule has 0 fully saturated rings. The molecule has 3 nitrogen and oxygen atoms in total.